The largest absolute Gasteiger partial charge is 0.350 e. The zero-order valence-electron chi connectivity index (χ0n) is 19.7. The molecule has 2 aromatic carbocycles. The van der Waals surface area contributed by atoms with Gasteiger partial charge in [0.15, 0.2) is 5.82 Å². The van der Waals surface area contributed by atoms with Gasteiger partial charge in [-0.05, 0) is 45.0 Å². The molecule has 1 fully saturated rings. The fraction of sp³-hybridized carbons (Fsp3) is 0.280. The molecular formula is C25H25F2N7O. The van der Waals surface area contributed by atoms with Crippen LogP contribution in [0.2, 0.25) is 0 Å². The summed E-state index contributed by atoms with van der Waals surface area (Å²) in [6.07, 6.45) is 0. The Labute approximate surface area is 201 Å². The van der Waals surface area contributed by atoms with Gasteiger partial charge in [0, 0.05) is 32.2 Å². The first kappa shape index (κ1) is 22.7. The van der Waals surface area contributed by atoms with Crippen LogP contribution < -0.4 is 10.2 Å². The van der Waals surface area contributed by atoms with Gasteiger partial charge in [0.1, 0.15) is 17.2 Å². The van der Waals surface area contributed by atoms with Crippen LogP contribution in [-0.4, -0.2) is 57.1 Å². The maximum atomic E-state index is 13.9. The van der Waals surface area contributed by atoms with E-state index in [2.05, 4.69) is 20.4 Å². The van der Waals surface area contributed by atoms with Crippen molar-refractivity contribution in [3.8, 4) is 5.69 Å². The van der Waals surface area contributed by atoms with E-state index in [1.165, 1.54) is 11.6 Å². The molecule has 1 aliphatic heterocycles. The van der Waals surface area contributed by atoms with Gasteiger partial charge in [-0.3, -0.25) is 0 Å². The Morgan fingerprint density at radius 1 is 0.943 bits per heavy atom. The fourth-order valence-electron chi connectivity index (χ4n) is 4.37. The van der Waals surface area contributed by atoms with Crippen molar-refractivity contribution in [2.24, 2.45) is 0 Å². The van der Waals surface area contributed by atoms with Gasteiger partial charge in [-0.1, -0.05) is 17.7 Å². The Balaban J connectivity index is 1.36. The van der Waals surface area contributed by atoms with Gasteiger partial charge < -0.3 is 15.1 Å². The molecule has 2 amide bonds. The van der Waals surface area contributed by atoms with Crippen LogP contribution in [-0.2, 0) is 0 Å². The van der Waals surface area contributed by atoms with E-state index in [1.807, 2.05) is 49.7 Å². The van der Waals surface area contributed by atoms with Crippen molar-refractivity contribution in [1.29, 1.82) is 0 Å². The summed E-state index contributed by atoms with van der Waals surface area (Å²) in [5, 5.41) is 17.2. The fourth-order valence-corrected chi connectivity index (χ4v) is 4.37. The summed E-state index contributed by atoms with van der Waals surface area (Å²) in [6.45, 7) is 7.83. The predicted octanol–water partition coefficient (Wildman–Crippen LogP) is 4.37. The molecule has 0 radical (unpaired) electrons. The zero-order chi connectivity index (χ0) is 24.7. The summed E-state index contributed by atoms with van der Waals surface area (Å²) in [5.74, 6) is -0.835. The van der Waals surface area contributed by atoms with Crippen molar-refractivity contribution in [2.75, 3.05) is 36.4 Å². The van der Waals surface area contributed by atoms with E-state index >= 15 is 0 Å². The van der Waals surface area contributed by atoms with Crippen molar-refractivity contribution < 1.29 is 13.6 Å². The summed E-state index contributed by atoms with van der Waals surface area (Å²) in [5.41, 5.74) is 4.64. The van der Waals surface area contributed by atoms with Gasteiger partial charge in [0.25, 0.3) is 0 Å². The summed E-state index contributed by atoms with van der Waals surface area (Å²) in [6, 6.07) is 10.8. The lowest BCUT2D eigenvalue weighted by Gasteiger charge is -2.35. The number of benzene rings is 2. The molecule has 0 unspecified atom stereocenters. The van der Waals surface area contributed by atoms with Crippen molar-refractivity contribution in [3.05, 3.63) is 71.1 Å². The normalized spacial score (nSPS) is 14.0. The van der Waals surface area contributed by atoms with E-state index in [-0.39, 0.29) is 5.69 Å². The molecule has 0 spiro atoms. The molecule has 5 rings (SSSR count). The molecule has 1 N–H and O–H groups in total. The monoisotopic (exact) mass is 477 g/mol. The van der Waals surface area contributed by atoms with Gasteiger partial charge in [-0.15, -0.1) is 5.10 Å². The number of anilines is 2. The number of fused-ring (bicyclic) bond motifs is 1. The highest BCUT2D eigenvalue weighted by Gasteiger charge is 2.26. The third-order valence-corrected chi connectivity index (χ3v) is 6.30. The molecule has 4 aromatic rings. The molecule has 0 aliphatic carbocycles. The van der Waals surface area contributed by atoms with Crippen LogP contribution in [0.5, 0.6) is 0 Å². The van der Waals surface area contributed by atoms with Gasteiger partial charge in [0.05, 0.1) is 28.1 Å². The van der Waals surface area contributed by atoms with Gasteiger partial charge in [0.2, 0.25) is 0 Å². The minimum atomic E-state index is -0.811. The molecule has 35 heavy (non-hydrogen) atoms. The average molecular weight is 478 g/mol. The van der Waals surface area contributed by atoms with Crippen molar-refractivity contribution in [2.45, 2.75) is 20.8 Å². The highest BCUT2D eigenvalue weighted by atomic mass is 19.1. The summed E-state index contributed by atoms with van der Waals surface area (Å²) in [7, 11) is 0. The van der Waals surface area contributed by atoms with Crippen LogP contribution in [0.25, 0.3) is 16.6 Å². The highest BCUT2D eigenvalue weighted by molar-refractivity contribution is 5.93. The molecule has 0 saturated carbocycles. The van der Waals surface area contributed by atoms with E-state index in [0.717, 1.165) is 40.1 Å². The first-order valence-electron chi connectivity index (χ1n) is 11.4. The van der Waals surface area contributed by atoms with E-state index < -0.39 is 17.7 Å². The second kappa shape index (κ2) is 8.94. The van der Waals surface area contributed by atoms with E-state index in [0.29, 0.717) is 32.0 Å². The first-order chi connectivity index (χ1) is 16.8. The summed E-state index contributed by atoms with van der Waals surface area (Å²) < 4.78 is 29.0. The number of piperazine rings is 1. The topological polar surface area (TPSA) is 79.2 Å². The van der Waals surface area contributed by atoms with Gasteiger partial charge >= 0.3 is 6.03 Å². The number of carbonyl (C=O) groups is 1. The number of amides is 2. The van der Waals surface area contributed by atoms with Crippen molar-refractivity contribution in [3.63, 3.8) is 0 Å². The van der Waals surface area contributed by atoms with Crippen LogP contribution in [0.3, 0.4) is 0 Å². The number of aryl methyl sites for hydroxylation is 3. The smallest absolute Gasteiger partial charge is 0.322 e. The number of halogens is 2. The molecule has 8 nitrogen and oxygen atoms in total. The molecule has 1 aliphatic rings. The van der Waals surface area contributed by atoms with Crippen LogP contribution in [0, 0.1) is 32.4 Å². The summed E-state index contributed by atoms with van der Waals surface area (Å²) in [4.78, 5) is 16.3. The van der Waals surface area contributed by atoms with Gasteiger partial charge in [-0.25, -0.2) is 18.3 Å². The SMILES string of the molecule is Cc1ccc(-n2nc3c(N4CCN(C(=O)Nc5ccc(F)cc5F)CC4)nnc(C)c3c2C)cc1. The number of carbonyl (C=O) groups excluding carboxylic acids is 1. The lowest BCUT2D eigenvalue weighted by atomic mass is 10.2. The molecule has 0 atom stereocenters. The zero-order valence-corrected chi connectivity index (χ0v) is 19.7. The Hall–Kier alpha value is -4.08. The van der Waals surface area contributed by atoms with Crippen LogP contribution >= 0.6 is 0 Å². The third-order valence-electron chi connectivity index (χ3n) is 6.30. The van der Waals surface area contributed by atoms with Gasteiger partial charge in [-0.2, -0.15) is 10.2 Å². The Morgan fingerprint density at radius 2 is 1.66 bits per heavy atom. The quantitative estimate of drug-likeness (QED) is 0.474. The number of urea groups is 1. The Kier molecular flexibility index (Phi) is 5.80. The maximum Gasteiger partial charge on any atom is 0.322 e. The van der Waals surface area contributed by atoms with Crippen LogP contribution in [0.15, 0.2) is 42.5 Å². The van der Waals surface area contributed by atoms with E-state index in [4.69, 9.17) is 5.10 Å². The number of rotatable bonds is 3. The average Bonchev–Trinajstić information content (AvgIpc) is 3.19. The maximum absolute atomic E-state index is 13.9. The number of hydrogen-bond donors (Lipinski definition) is 1. The molecule has 1 saturated heterocycles. The minimum Gasteiger partial charge on any atom is -0.350 e. The van der Waals surface area contributed by atoms with Crippen LogP contribution in [0.1, 0.15) is 17.0 Å². The molecule has 10 heteroatoms. The first-order valence-corrected chi connectivity index (χ1v) is 11.4. The molecule has 3 heterocycles. The van der Waals surface area contributed by atoms with E-state index in [1.54, 1.807) is 4.90 Å². The molecular weight excluding hydrogens is 452 g/mol. The van der Waals surface area contributed by atoms with E-state index in [9.17, 15) is 13.6 Å². The number of hydrogen-bond acceptors (Lipinski definition) is 5. The lowest BCUT2D eigenvalue weighted by molar-refractivity contribution is 0.208. The second-order valence-electron chi connectivity index (χ2n) is 8.69. The third kappa shape index (κ3) is 4.27. The van der Waals surface area contributed by atoms with Crippen molar-refractivity contribution >= 4 is 28.4 Å². The van der Waals surface area contributed by atoms with Crippen LogP contribution in [0.4, 0.5) is 25.1 Å². The molecule has 180 valence electrons. The number of aromatic nitrogens is 4. The second-order valence-corrected chi connectivity index (χ2v) is 8.69. The predicted molar refractivity (Wildman–Crippen MR) is 130 cm³/mol. The highest BCUT2D eigenvalue weighted by Crippen LogP contribution is 2.30. The number of nitrogens with one attached hydrogen (secondary N) is 1. The number of nitrogens with zero attached hydrogens (tertiary/aromatic N) is 6. The molecule has 0 bridgehead atoms. The lowest BCUT2D eigenvalue weighted by Crippen LogP contribution is -2.50. The van der Waals surface area contributed by atoms with Crippen molar-refractivity contribution in [1.82, 2.24) is 24.9 Å². The Morgan fingerprint density at radius 3 is 2.34 bits per heavy atom. The Bertz CT molecular complexity index is 1410. The summed E-state index contributed by atoms with van der Waals surface area (Å²) >= 11 is 0. The minimum absolute atomic E-state index is 0.0536. The standard InChI is InChI=1S/C25H25F2N7O/c1-15-4-7-19(8-5-15)34-17(3)22-16(2)29-30-24(23(22)31-34)32-10-12-33(13-11-32)25(35)28-21-9-6-18(26)14-20(21)27/h4-9,14H,10-13H2,1-3H3,(H,28,35). The molecule has 2 aromatic heterocycles.